The summed E-state index contributed by atoms with van der Waals surface area (Å²) in [5.74, 6) is -2.76. The number of fused-ring (bicyclic) bond motifs is 1. The minimum atomic E-state index is -2.71. The third-order valence-corrected chi connectivity index (χ3v) is 8.19. The fourth-order valence-electron chi connectivity index (χ4n) is 6.50. The van der Waals surface area contributed by atoms with Gasteiger partial charge in [0.25, 0.3) is 11.8 Å². The Morgan fingerprint density at radius 2 is 1.75 bits per heavy atom. The van der Waals surface area contributed by atoms with Crippen LogP contribution in [0.1, 0.15) is 78.9 Å². The van der Waals surface area contributed by atoms with Gasteiger partial charge >= 0.3 is 0 Å². The van der Waals surface area contributed by atoms with Crippen LogP contribution in [-0.2, 0) is 12.8 Å². The van der Waals surface area contributed by atoms with Crippen LogP contribution in [0.15, 0.2) is 54.1 Å². The Morgan fingerprint density at radius 3 is 2.53 bits per heavy atom. The molecule has 3 nitrogen and oxygen atoms in total. The number of carbonyl (C=O) groups is 1. The van der Waals surface area contributed by atoms with Gasteiger partial charge in [-0.05, 0) is 68.0 Å². The fourth-order valence-corrected chi connectivity index (χ4v) is 6.50. The molecule has 2 aromatic rings. The van der Waals surface area contributed by atoms with E-state index in [1.165, 1.54) is 38.5 Å². The molecule has 0 radical (unpaired) electrons. The molecule has 2 fully saturated rings. The smallest absolute Gasteiger partial charge is 0.256 e. The first kappa shape index (κ1) is 25.1. The molecule has 1 unspecified atom stereocenters. The summed E-state index contributed by atoms with van der Waals surface area (Å²) in [5.41, 5.74) is 4.05. The average molecular weight is 493 g/mol. The second kappa shape index (κ2) is 10.8. The van der Waals surface area contributed by atoms with Crippen LogP contribution in [0.5, 0.6) is 0 Å². The molecular weight excluding hydrogens is 454 g/mol. The molecule has 36 heavy (non-hydrogen) atoms. The average Bonchev–Trinajstić information content (AvgIpc) is 3.46. The van der Waals surface area contributed by atoms with Crippen molar-refractivity contribution in [1.29, 1.82) is 0 Å². The van der Waals surface area contributed by atoms with E-state index in [2.05, 4.69) is 30.0 Å². The van der Waals surface area contributed by atoms with Gasteiger partial charge in [0.1, 0.15) is 0 Å². The van der Waals surface area contributed by atoms with Gasteiger partial charge in [-0.3, -0.25) is 9.69 Å². The lowest BCUT2D eigenvalue weighted by Gasteiger charge is -2.38. The van der Waals surface area contributed by atoms with E-state index in [9.17, 15) is 13.6 Å². The molecule has 1 atom stereocenters. The zero-order valence-electron chi connectivity index (χ0n) is 21.4. The van der Waals surface area contributed by atoms with Crippen LogP contribution in [0, 0.1) is 0 Å². The molecule has 3 aliphatic rings. The quantitative estimate of drug-likeness (QED) is 0.426. The number of hydrogen-bond acceptors (Lipinski definition) is 2. The molecule has 192 valence electrons. The van der Waals surface area contributed by atoms with Crippen LogP contribution in [0.2, 0.25) is 0 Å². The standard InChI is InChI=1S/C31H38F2N2O/c1-23(17-24-9-4-2-5-10-24)21-34(22-29-13-8-16-35(29)28-11-6-3-7-12-28)30(36)25-14-15-26-19-31(32,33)20-27(26)18-25/h2,4-5,9-10,14-15,17-18,28-29H,3,6-8,11-13,16,19-22H2,1H3/b23-17+. The van der Waals surface area contributed by atoms with E-state index in [0.717, 1.165) is 24.1 Å². The van der Waals surface area contributed by atoms with E-state index in [1.54, 1.807) is 18.2 Å². The summed E-state index contributed by atoms with van der Waals surface area (Å²) in [6.45, 7) is 4.41. The van der Waals surface area contributed by atoms with Crippen LogP contribution < -0.4 is 0 Å². The monoisotopic (exact) mass is 492 g/mol. The molecule has 2 aliphatic carbocycles. The van der Waals surface area contributed by atoms with E-state index in [-0.39, 0.29) is 18.7 Å². The van der Waals surface area contributed by atoms with E-state index in [4.69, 9.17) is 0 Å². The largest absolute Gasteiger partial charge is 0.333 e. The summed E-state index contributed by atoms with van der Waals surface area (Å²) in [4.78, 5) is 18.5. The molecular formula is C31H38F2N2O. The lowest BCUT2D eigenvalue weighted by molar-refractivity contribution is 0.0130. The highest BCUT2D eigenvalue weighted by atomic mass is 19.3. The number of rotatable bonds is 7. The number of likely N-dealkylation sites (tertiary alicyclic amines) is 1. The SMILES string of the molecule is C/C(=C\c1ccccc1)CN(CC1CCCN1C1CCCCC1)C(=O)c1ccc2c(c1)CC(F)(F)C2. The molecule has 2 aromatic carbocycles. The molecule has 1 amide bonds. The van der Waals surface area contributed by atoms with Crippen molar-refractivity contribution in [3.8, 4) is 0 Å². The molecule has 0 N–H and O–H groups in total. The number of nitrogens with zero attached hydrogens (tertiary/aromatic N) is 2. The molecule has 1 heterocycles. The van der Waals surface area contributed by atoms with Crippen LogP contribution in [0.4, 0.5) is 8.78 Å². The van der Waals surface area contributed by atoms with E-state index >= 15 is 0 Å². The summed E-state index contributed by atoms with van der Waals surface area (Å²) in [6.07, 6.45) is 10.4. The van der Waals surface area contributed by atoms with E-state index < -0.39 is 5.92 Å². The summed E-state index contributed by atoms with van der Waals surface area (Å²) in [6, 6.07) is 16.4. The first-order valence-electron chi connectivity index (χ1n) is 13.6. The third-order valence-electron chi connectivity index (χ3n) is 8.19. The lowest BCUT2D eigenvalue weighted by atomic mass is 9.93. The van der Waals surface area contributed by atoms with Crippen LogP contribution >= 0.6 is 0 Å². The van der Waals surface area contributed by atoms with Crippen molar-refractivity contribution in [2.45, 2.75) is 82.7 Å². The second-order valence-corrected chi connectivity index (χ2v) is 11.1. The van der Waals surface area contributed by atoms with E-state index in [0.29, 0.717) is 41.9 Å². The van der Waals surface area contributed by atoms with E-state index in [1.807, 2.05) is 23.1 Å². The van der Waals surface area contributed by atoms with Gasteiger partial charge in [0, 0.05) is 43.6 Å². The summed E-state index contributed by atoms with van der Waals surface area (Å²) < 4.78 is 28.0. The van der Waals surface area contributed by atoms with Crippen LogP contribution in [0.25, 0.3) is 6.08 Å². The highest BCUT2D eigenvalue weighted by Gasteiger charge is 2.38. The number of benzene rings is 2. The zero-order chi connectivity index (χ0) is 25.1. The van der Waals surface area contributed by atoms with Crippen LogP contribution in [-0.4, -0.2) is 53.3 Å². The number of carbonyl (C=O) groups excluding carboxylic acids is 1. The maximum Gasteiger partial charge on any atom is 0.256 e. The molecule has 5 rings (SSSR count). The second-order valence-electron chi connectivity index (χ2n) is 11.1. The maximum atomic E-state index is 14.0. The number of hydrogen-bond donors (Lipinski definition) is 0. The third kappa shape index (κ3) is 5.88. The van der Waals surface area contributed by atoms with Crippen LogP contribution in [0.3, 0.4) is 0 Å². The van der Waals surface area contributed by atoms with Gasteiger partial charge in [-0.1, -0.05) is 67.3 Å². The summed E-state index contributed by atoms with van der Waals surface area (Å²) in [5, 5.41) is 0. The molecule has 0 spiro atoms. The molecule has 1 aliphatic heterocycles. The number of halogens is 2. The Bertz CT molecular complexity index is 1090. The van der Waals surface area contributed by atoms with Gasteiger partial charge in [-0.25, -0.2) is 8.78 Å². The van der Waals surface area contributed by atoms with Gasteiger partial charge in [0.2, 0.25) is 0 Å². The number of alkyl halides is 2. The molecule has 1 saturated heterocycles. The molecule has 5 heteroatoms. The normalized spacial score (nSPS) is 22.5. The van der Waals surface area contributed by atoms with Crippen molar-refractivity contribution in [3.05, 3.63) is 76.4 Å². The Hall–Kier alpha value is -2.53. The zero-order valence-corrected chi connectivity index (χ0v) is 21.4. The molecule has 1 saturated carbocycles. The minimum Gasteiger partial charge on any atom is -0.333 e. The molecule has 0 aromatic heterocycles. The Balaban J connectivity index is 1.38. The minimum absolute atomic E-state index is 0.0516. The predicted molar refractivity (Wildman–Crippen MR) is 141 cm³/mol. The van der Waals surface area contributed by atoms with Crippen molar-refractivity contribution in [2.75, 3.05) is 19.6 Å². The highest BCUT2D eigenvalue weighted by molar-refractivity contribution is 5.95. The van der Waals surface area contributed by atoms with Crippen molar-refractivity contribution in [1.82, 2.24) is 9.80 Å². The van der Waals surface area contributed by atoms with Gasteiger partial charge < -0.3 is 4.90 Å². The fraction of sp³-hybridized carbons (Fsp3) is 0.516. The molecule has 0 bridgehead atoms. The van der Waals surface area contributed by atoms with Gasteiger partial charge in [-0.2, -0.15) is 0 Å². The van der Waals surface area contributed by atoms with Gasteiger partial charge in [0.15, 0.2) is 0 Å². The highest BCUT2D eigenvalue weighted by Crippen LogP contribution is 2.35. The van der Waals surface area contributed by atoms with Crippen molar-refractivity contribution >= 4 is 12.0 Å². The topological polar surface area (TPSA) is 23.6 Å². The summed E-state index contributed by atoms with van der Waals surface area (Å²) in [7, 11) is 0. The first-order valence-corrected chi connectivity index (χ1v) is 13.6. The van der Waals surface area contributed by atoms with Crippen molar-refractivity contribution in [2.24, 2.45) is 0 Å². The first-order chi connectivity index (χ1) is 17.4. The van der Waals surface area contributed by atoms with Gasteiger partial charge in [-0.15, -0.1) is 0 Å². The van der Waals surface area contributed by atoms with Gasteiger partial charge in [0.05, 0.1) is 0 Å². The van der Waals surface area contributed by atoms with Crippen molar-refractivity contribution < 1.29 is 13.6 Å². The summed E-state index contributed by atoms with van der Waals surface area (Å²) >= 11 is 0. The Morgan fingerprint density at radius 1 is 1.00 bits per heavy atom. The predicted octanol–water partition coefficient (Wildman–Crippen LogP) is 6.76. The van der Waals surface area contributed by atoms with Crippen molar-refractivity contribution in [3.63, 3.8) is 0 Å². The number of amides is 1. The Kier molecular flexibility index (Phi) is 7.57. The Labute approximate surface area is 214 Å². The lowest BCUT2D eigenvalue weighted by Crippen LogP contribution is -2.47. The maximum absolute atomic E-state index is 14.0.